The zero-order chi connectivity index (χ0) is 16.9. The molecule has 2 aromatic carbocycles. The number of halogens is 1. The molecule has 0 aliphatic heterocycles. The molecule has 0 unspecified atom stereocenters. The van der Waals surface area contributed by atoms with Crippen LogP contribution in [0.4, 0.5) is 0 Å². The Kier molecular flexibility index (Phi) is 5.16. The van der Waals surface area contributed by atoms with E-state index in [4.69, 9.17) is 4.74 Å². The van der Waals surface area contributed by atoms with Gasteiger partial charge < -0.3 is 9.30 Å². The first-order chi connectivity index (χ1) is 11.7. The molecule has 1 aromatic heterocycles. The Morgan fingerprint density at radius 3 is 2.67 bits per heavy atom. The molecular formula is C20H18BrNO2. The number of carbonyl (C=O) groups excluding carboxylic acids is 1. The number of ether oxygens (including phenoxy) is 1. The summed E-state index contributed by atoms with van der Waals surface area (Å²) in [5.41, 5.74) is 2.67. The van der Waals surface area contributed by atoms with Gasteiger partial charge in [0.15, 0.2) is 0 Å². The predicted molar refractivity (Wildman–Crippen MR) is 101 cm³/mol. The zero-order valence-electron chi connectivity index (χ0n) is 13.4. The number of aromatic nitrogens is 1. The number of fused-ring (bicyclic) bond motifs is 1. The van der Waals surface area contributed by atoms with Crippen molar-refractivity contribution in [2.75, 3.05) is 6.61 Å². The maximum atomic E-state index is 12.4. The van der Waals surface area contributed by atoms with E-state index in [9.17, 15) is 4.79 Å². The Hall–Kier alpha value is -2.33. The molecule has 122 valence electrons. The van der Waals surface area contributed by atoms with E-state index in [2.05, 4.69) is 38.7 Å². The minimum Gasteiger partial charge on any atom is -0.463 e. The van der Waals surface area contributed by atoms with Gasteiger partial charge in [-0.15, -0.1) is 0 Å². The average molecular weight is 384 g/mol. The number of hydrogen-bond acceptors (Lipinski definition) is 2. The highest BCUT2D eigenvalue weighted by atomic mass is 79.9. The lowest BCUT2D eigenvalue weighted by molar-refractivity contribution is -0.138. The molecule has 4 heteroatoms. The molecule has 3 rings (SSSR count). The van der Waals surface area contributed by atoms with Gasteiger partial charge in [0.05, 0.1) is 18.7 Å². The number of nitrogens with zero attached hydrogens (tertiary/aromatic N) is 1. The second-order valence-electron chi connectivity index (χ2n) is 5.41. The normalized spacial score (nSPS) is 11.7. The quantitative estimate of drug-likeness (QED) is 0.455. The van der Waals surface area contributed by atoms with E-state index in [0.717, 1.165) is 20.9 Å². The molecule has 0 atom stereocenters. The molecule has 0 radical (unpaired) electrons. The lowest BCUT2D eigenvalue weighted by Gasteiger charge is -2.10. The maximum Gasteiger partial charge on any atom is 0.335 e. The number of benzene rings is 2. The van der Waals surface area contributed by atoms with Gasteiger partial charge >= 0.3 is 5.97 Å². The van der Waals surface area contributed by atoms with Gasteiger partial charge in [-0.2, -0.15) is 0 Å². The summed E-state index contributed by atoms with van der Waals surface area (Å²) in [6.45, 7) is 2.64. The van der Waals surface area contributed by atoms with E-state index in [1.165, 1.54) is 0 Å². The van der Waals surface area contributed by atoms with Crippen LogP contribution < -0.4 is 0 Å². The third kappa shape index (κ3) is 3.60. The average Bonchev–Trinajstić information content (AvgIpc) is 2.99. The predicted octanol–water partition coefficient (Wildman–Crippen LogP) is 5.05. The first-order valence-electron chi connectivity index (χ1n) is 7.85. The van der Waals surface area contributed by atoms with Gasteiger partial charge in [-0.25, -0.2) is 4.79 Å². The second-order valence-corrected chi connectivity index (χ2v) is 6.27. The van der Waals surface area contributed by atoms with Crippen molar-refractivity contribution in [3.63, 3.8) is 0 Å². The molecule has 0 bridgehead atoms. The largest absolute Gasteiger partial charge is 0.463 e. The lowest BCUT2D eigenvalue weighted by Crippen LogP contribution is -2.13. The van der Waals surface area contributed by atoms with Crippen LogP contribution in [0.25, 0.3) is 17.0 Å². The monoisotopic (exact) mass is 383 g/mol. The Morgan fingerprint density at radius 1 is 1.12 bits per heavy atom. The fraction of sp³-hybridized carbons (Fsp3) is 0.150. The summed E-state index contributed by atoms with van der Waals surface area (Å²) in [6, 6.07) is 18.0. The molecule has 0 spiro atoms. The van der Waals surface area contributed by atoms with Crippen molar-refractivity contribution in [3.05, 3.63) is 76.4 Å². The van der Waals surface area contributed by atoms with Gasteiger partial charge in [-0.3, -0.25) is 0 Å². The van der Waals surface area contributed by atoms with Crippen LogP contribution in [0.2, 0.25) is 0 Å². The van der Waals surface area contributed by atoms with Crippen LogP contribution in [0.5, 0.6) is 0 Å². The van der Waals surface area contributed by atoms with Crippen LogP contribution in [0.1, 0.15) is 12.5 Å². The maximum absolute atomic E-state index is 12.4. The standard InChI is InChI=1S/C20H18BrNO2/c1-2-24-20(23)17(13-16-8-3-5-9-18(16)21)14-22-12-11-15-7-4-6-10-19(15)22/h3-13H,2,14H2,1H3/b17-13+. The Labute approximate surface area is 149 Å². The van der Waals surface area contributed by atoms with Gasteiger partial charge in [0.2, 0.25) is 0 Å². The Bertz CT molecular complexity index is 895. The summed E-state index contributed by atoms with van der Waals surface area (Å²) in [7, 11) is 0. The van der Waals surface area contributed by atoms with E-state index in [0.29, 0.717) is 18.7 Å². The third-order valence-corrected chi connectivity index (χ3v) is 4.52. The van der Waals surface area contributed by atoms with Gasteiger partial charge in [0.25, 0.3) is 0 Å². The zero-order valence-corrected chi connectivity index (χ0v) is 15.0. The highest BCUT2D eigenvalue weighted by molar-refractivity contribution is 9.10. The van der Waals surface area contributed by atoms with Crippen molar-refractivity contribution >= 4 is 38.9 Å². The van der Waals surface area contributed by atoms with Crippen LogP contribution >= 0.6 is 15.9 Å². The number of carbonyl (C=O) groups is 1. The van der Waals surface area contributed by atoms with Crippen molar-refractivity contribution in [3.8, 4) is 0 Å². The fourth-order valence-electron chi connectivity index (χ4n) is 2.63. The van der Waals surface area contributed by atoms with Crippen molar-refractivity contribution in [2.24, 2.45) is 0 Å². The molecule has 0 saturated carbocycles. The van der Waals surface area contributed by atoms with Crippen LogP contribution in [-0.4, -0.2) is 17.1 Å². The first kappa shape index (κ1) is 16.5. The molecule has 3 nitrogen and oxygen atoms in total. The fourth-order valence-corrected chi connectivity index (χ4v) is 3.03. The van der Waals surface area contributed by atoms with Gasteiger partial charge in [-0.05, 0) is 42.1 Å². The summed E-state index contributed by atoms with van der Waals surface area (Å²) in [5, 5.41) is 1.15. The lowest BCUT2D eigenvalue weighted by atomic mass is 10.1. The van der Waals surface area contributed by atoms with Crippen molar-refractivity contribution in [1.82, 2.24) is 4.57 Å². The molecule has 0 saturated heterocycles. The molecule has 1 heterocycles. The molecule has 0 aliphatic carbocycles. The van der Waals surface area contributed by atoms with E-state index in [-0.39, 0.29) is 5.97 Å². The number of para-hydroxylation sites is 1. The number of hydrogen-bond donors (Lipinski definition) is 0. The smallest absolute Gasteiger partial charge is 0.335 e. The van der Waals surface area contributed by atoms with Crippen LogP contribution in [-0.2, 0) is 16.1 Å². The van der Waals surface area contributed by atoms with Gasteiger partial charge in [0, 0.05) is 16.2 Å². The number of rotatable bonds is 5. The highest BCUT2D eigenvalue weighted by Gasteiger charge is 2.13. The summed E-state index contributed by atoms with van der Waals surface area (Å²) in [5.74, 6) is -0.286. The third-order valence-electron chi connectivity index (χ3n) is 3.79. The van der Waals surface area contributed by atoms with Gasteiger partial charge in [0.1, 0.15) is 0 Å². The van der Waals surface area contributed by atoms with Crippen LogP contribution in [0.3, 0.4) is 0 Å². The summed E-state index contributed by atoms with van der Waals surface area (Å²) in [4.78, 5) is 12.4. The van der Waals surface area contributed by atoms with Gasteiger partial charge in [-0.1, -0.05) is 52.3 Å². The second kappa shape index (κ2) is 7.49. The minimum absolute atomic E-state index is 0.286. The minimum atomic E-state index is -0.286. The van der Waals surface area contributed by atoms with Crippen molar-refractivity contribution < 1.29 is 9.53 Å². The molecule has 0 fully saturated rings. The summed E-state index contributed by atoms with van der Waals surface area (Å²) in [6.07, 6.45) is 3.88. The van der Waals surface area contributed by atoms with Crippen LogP contribution in [0, 0.1) is 0 Å². The van der Waals surface area contributed by atoms with Crippen molar-refractivity contribution in [2.45, 2.75) is 13.5 Å². The first-order valence-corrected chi connectivity index (χ1v) is 8.64. The number of esters is 1. The van der Waals surface area contributed by atoms with Crippen LogP contribution in [0.15, 0.2) is 70.8 Å². The summed E-state index contributed by atoms with van der Waals surface area (Å²) >= 11 is 3.53. The summed E-state index contributed by atoms with van der Waals surface area (Å²) < 4.78 is 8.25. The molecule has 0 aliphatic rings. The topological polar surface area (TPSA) is 31.2 Å². The molecule has 0 amide bonds. The SMILES string of the molecule is CCOC(=O)/C(=C/c1ccccc1Br)Cn1ccc2ccccc21. The van der Waals surface area contributed by atoms with Crippen molar-refractivity contribution in [1.29, 1.82) is 0 Å². The molecule has 24 heavy (non-hydrogen) atoms. The molecular weight excluding hydrogens is 366 g/mol. The molecule has 3 aromatic rings. The Morgan fingerprint density at radius 2 is 1.88 bits per heavy atom. The van der Waals surface area contributed by atoms with E-state index >= 15 is 0 Å². The molecule has 0 N–H and O–H groups in total. The highest BCUT2D eigenvalue weighted by Crippen LogP contribution is 2.22. The van der Waals surface area contributed by atoms with E-state index in [1.54, 1.807) is 0 Å². The van der Waals surface area contributed by atoms with E-state index in [1.807, 2.05) is 55.6 Å². The van der Waals surface area contributed by atoms with E-state index < -0.39 is 0 Å². The Balaban J connectivity index is 1.99.